The Bertz CT molecular complexity index is 650. The molecule has 0 spiro atoms. The molecular formula is C12H12N4O2S. The summed E-state index contributed by atoms with van der Waals surface area (Å²) in [6.07, 6.45) is 1.59. The zero-order valence-corrected chi connectivity index (χ0v) is 11.1. The first-order valence-corrected chi connectivity index (χ1v) is 6.58. The minimum Gasteiger partial charge on any atom is -0.490 e. The van der Waals surface area contributed by atoms with Crippen molar-refractivity contribution in [1.82, 2.24) is 19.8 Å². The van der Waals surface area contributed by atoms with E-state index in [2.05, 4.69) is 15.3 Å². The molecule has 0 saturated carbocycles. The maximum atomic E-state index is 5.70. The van der Waals surface area contributed by atoms with Crippen LogP contribution >= 0.6 is 11.3 Å². The molecule has 0 aliphatic carbocycles. The summed E-state index contributed by atoms with van der Waals surface area (Å²) < 4.78 is 12.3. The van der Waals surface area contributed by atoms with E-state index in [9.17, 15) is 0 Å². The predicted molar refractivity (Wildman–Crippen MR) is 71.5 cm³/mol. The van der Waals surface area contributed by atoms with Crippen LogP contribution in [-0.4, -0.2) is 40.1 Å². The fourth-order valence-corrected chi connectivity index (χ4v) is 2.52. The van der Waals surface area contributed by atoms with Crippen molar-refractivity contribution in [2.75, 3.05) is 20.3 Å². The molecule has 0 bridgehead atoms. The number of ether oxygens (including phenoxy) is 2. The van der Waals surface area contributed by atoms with Crippen molar-refractivity contribution in [3.63, 3.8) is 0 Å². The maximum Gasteiger partial charge on any atom is 0.234 e. The highest BCUT2D eigenvalue weighted by molar-refractivity contribution is 7.19. The number of hydrogen-bond acceptors (Lipinski definition) is 6. The molecule has 0 aliphatic heterocycles. The Hall–Kier alpha value is -1.99. The van der Waals surface area contributed by atoms with E-state index in [4.69, 9.17) is 9.47 Å². The highest BCUT2D eigenvalue weighted by Crippen LogP contribution is 2.32. The normalized spacial score (nSPS) is 11.0. The molecule has 98 valence electrons. The molecule has 0 aliphatic rings. The van der Waals surface area contributed by atoms with E-state index in [1.54, 1.807) is 18.0 Å². The Morgan fingerprint density at radius 3 is 3.00 bits per heavy atom. The van der Waals surface area contributed by atoms with Gasteiger partial charge in [0.05, 0.1) is 12.2 Å². The van der Waals surface area contributed by atoms with Crippen molar-refractivity contribution in [2.45, 2.75) is 0 Å². The van der Waals surface area contributed by atoms with Gasteiger partial charge in [0.2, 0.25) is 4.96 Å². The van der Waals surface area contributed by atoms with Crippen LogP contribution in [-0.2, 0) is 4.74 Å². The first kappa shape index (κ1) is 12.1. The summed E-state index contributed by atoms with van der Waals surface area (Å²) in [5.41, 5.74) is 0.953. The van der Waals surface area contributed by atoms with Gasteiger partial charge in [-0.05, 0) is 12.1 Å². The molecule has 0 radical (unpaired) electrons. The van der Waals surface area contributed by atoms with Gasteiger partial charge < -0.3 is 9.47 Å². The van der Waals surface area contributed by atoms with E-state index in [1.807, 2.05) is 24.3 Å². The lowest BCUT2D eigenvalue weighted by Crippen LogP contribution is -2.04. The van der Waals surface area contributed by atoms with Crippen LogP contribution in [0.1, 0.15) is 0 Å². The summed E-state index contributed by atoms with van der Waals surface area (Å²) in [4.78, 5) is 0.765. The number of methoxy groups -OCH3 is 1. The van der Waals surface area contributed by atoms with Gasteiger partial charge in [-0.2, -0.15) is 9.61 Å². The zero-order valence-electron chi connectivity index (χ0n) is 10.3. The maximum absolute atomic E-state index is 5.70. The molecule has 1 aromatic carbocycles. The van der Waals surface area contributed by atoms with Crippen LogP contribution < -0.4 is 4.74 Å². The van der Waals surface area contributed by atoms with E-state index in [1.165, 1.54) is 11.3 Å². The lowest BCUT2D eigenvalue weighted by molar-refractivity contribution is 0.146. The Balaban J connectivity index is 1.92. The Morgan fingerprint density at radius 2 is 2.16 bits per heavy atom. The van der Waals surface area contributed by atoms with Gasteiger partial charge in [0.25, 0.3) is 0 Å². The molecule has 7 heteroatoms. The first-order valence-electron chi connectivity index (χ1n) is 5.76. The van der Waals surface area contributed by atoms with E-state index < -0.39 is 0 Å². The summed E-state index contributed by atoms with van der Waals surface area (Å²) >= 11 is 1.48. The molecule has 2 aromatic heterocycles. The van der Waals surface area contributed by atoms with Crippen molar-refractivity contribution >= 4 is 16.3 Å². The third-order valence-electron chi connectivity index (χ3n) is 2.55. The van der Waals surface area contributed by atoms with Crippen molar-refractivity contribution in [3.8, 4) is 16.3 Å². The number of para-hydroxylation sites is 1. The minimum absolute atomic E-state index is 0.511. The molecule has 0 N–H and O–H groups in total. The molecule has 6 nitrogen and oxygen atoms in total. The molecular weight excluding hydrogens is 264 g/mol. The van der Waals surface area contributed by atoms with Gasteiger partial charge in [-0.15, -0.1) is 10.2 Å². The average molecular weight is 276 g/mol. The Kier molecular flexibility index (Phi) is 3.39. The number of hydrogen-bond donors (Lipinski definition) is 0. The van der Waals surface area contributed by atoms with E-state index in [0.717, 1.165) is 21.3 Å². The summed E-state index contributed by atoms with van der Waals surface area (Å²) in [6.45, 7) is 1.07. The summed E-state index contributed by atoms with van der Waals surface area (Å²) in [5.74, 6) is 0.796. The quantitative estimate of drug-likeness (QED) is 0.666. The van der Waals surface area contributed by atoms with Crippen LogP contribution in [0.2, 0.25) is 0 Å². The third-order valence-corrected chi connectivity index (χ3v) is 3.50. The monoisotopic (exact) mass is 276 g/mol. The average Bonchev–Trinajstić information content (AvgIpc) is 3.00. The second-order valence-electron chi connectivity index (χ2n) is 3.80. The van der Waals surface area contributed by atoms with Gasteiger partial charge in [0.1, 0.15) is 18.7 Å². The summed E-state index contributed by atoms with van der Waals surface area (Å²) in [5, 5.41) is 13.1. The first-order chi connectivity index (χ1) is 9.38. The number of benzene rings is 1. The fourth-order valence-electron chi connectivity index (χ4n) is 1.67. The van der Waals surface area contributed by atoms with Crippen molar-refractivity contribution in [2.24, 2.45) is 0 Å². The lowest BCUT2D eigenvalue weighted by Gasteiger charge is -2.08. The molecule has 0 amide bonds. The number of nitrogens with zero attached hydrogens (tertiary/aromatic N) is 4. The van der Waals surface area contributed by atoms with Crippen LogP contribution in [0.15, 0.2) is 30.6 Å². The highest BCUT2D eigenvalue weighted by atomic mass is 32.1. The van der Waals surface area contributed by atoms with Gasteiger partial charge in [0.15, 0.2) is 5.01 Å². The van der Waals surface area contributed by atoms with Gasteiger partial charge >= 0.3 is 0 Å². The molecule has 3 rings (SSSR count). The molecule has 19 heavy (non-hydrogen) atoms. The van der Waals surface area contributed by atoms with E-state index >= 15 is 0 Å². The van der Waals surface area contributed by atoms with E-state index in [-0.39, 0.29) is 0 Å². The second-order valence-corrected chi connectivity index (χ2v) is 4.76. The highest BCUT2D eigenvalue weighted by Gasteiger charge is 2.12. The Morgan fingerprint density at radius 1 is 1.26 bits per heavy atom. The van der Waals surface area contributed by atoms with Crippen LogP contribution in [0.4, 0.5) is 0 Å². The smallest absolute Gasteiger partial charge is 0.234 e. The summed E-state index contributed by atoms with van der Waals surface area (Å²) in [7, 11) is 1.65. The van der Waals surface area contributed by atoms with Crippen molar-refractivity contribution in [3.05, 3.63) is 30.6 Å². The number of rotatable bonds is 5. The third kappa shape index (κ3) is 2.42. The van der Waals surface area contributed by atoms with Crippen molar-refractivity contribution < 1.29 is 9.47 Å². The SMILES string of the molecule is COCCOc1ccccc1-c1nn2cnnc2s1. The fraction of sp³-hybridized carbons (Fsp3) is 0.250. The lowest BCUT2D eigenvalue weighted by atomic mass is 10.2. The molecule has 0 unspecified atom stereocenters. The predicted octanol–water partition coefficient (Wildman–Crippen LogP) is 1.88. The molecule has 0 saturated heterocycles. The van der Waals surface area contributed by atoms with Crippen LogP contribution in [0.5, 0.6) is 5.75 Å². The molecule has 3 aromatic rings. The van der Waals surface area contributed by atoms with Crippen LogP contribution in [0.25, 0.3) is 15.5 Å². The van der Waals surface area contributed by atoms with Gasteiger partial charge in [-0.25, -0.2) is 0 Å². The van der Waals surface area contributed by atoms with Gasteiger partial charge in [0, 0.05) is 7.11 Å². The van der Waals surface area contributed by atoms with Gasteiger partial charge in [-0.1, -0.05) is 23.5 Å². The van der Waals surface area contributed by atoms with Gasteiger partial charge in [-0.3, -0.25) is 0 Å². The molecule has 2 heterocycles. The number of fused-ring (bicyclic) bond motifs is 1. The Labute approximate surface area is 113 Å². The largest absolute Gasteiger partial charge is 0.490 e. The molecule has 0 fully saturated rings. The second kappa shape index (κ2) is 5.33. The summed E-state index contributed by atoms with van der Waals surface area (Å²) in [6, 6.07) is 7.80. The topological polar surface area (TPSA) is 61.5 Å². The van der Waals surface area contributed by atoms with Crippen molar-refractivity contribution in [1.29, 1.82) is 0 Å². The standard InChI is InChI=1S/C12H12N4O2S/c1-17-6-7-18-10-5-3-2-4-9(10)11-15-16-8-13-14-12(16)19-11/h2-5,8H,6-7H2,1H3. The zero-order chi connectivity index (χ0) is 13.1. The van der Waals surface area contributed by atoms with Crippen LogP contribution in [0, 0.1) is 0 Å². The number of aromatic nitrogens is 4. The molecule has 0 atom stereocenters. The van der Waals surface area contributed by atoms with Crippen LogP contribution in [0.3, 0.4) is 0 Å². The van der Waals surface area contributed by atoms with E-state index in [0.29, 0.717) is 13.2 Å². The minimum atomic E-state index is 0.511.